The number of hydrogen-bond acceptors (Lipinski definition) is 4. The van der Waals surface area contributed by atoms with Crippen LogP contribution in [-0.2, 0) is 9.53 Å². The summed E-state index contributed by atoms with van der Waals surface area (Å²) in [7, 11) is 1.79. The molecule has 3 heterocycles. The number of morpholine rings is 1. The molecule has 1 spiro atoms. The van der Waals surface area contributed by atoms with E-state index in [-0.39, 0.29) is 18.4 Å². The number of ether oxygens (including phenoxy) is 1. The van der Waals surface area contributed by atoms with Gasteiger partial charge in [0.1, 0.15) is 12.2 Å². The van der Waals surface area contributed by atoms with Crippen molar-refractivity contribution in [2.75, 3.05) is 33.3 Å². The van der Waals surface area contributed by atoms with E-state index in [0.29, 0.717) is 25.2 Å². The van der Waals surface area contributed by atoms with Crippen LogP contribution in [0.25, 0.3) is 10.9 Å². The minimum atomic E-state index is -0.443. The number of nitrogens with zero attached hydrogens (tertiary/aromatic N) is 3. The lowest BCUT2D eigenvalue weighted by atomic mass is 9.99. The number of fused-ring (bicyclic) bond motifs is 1. The highest BCUT2D eigenvalue weighted by atomic mass is 16.5. The Morgan fingerprint density at radius 3 is 2.70 bits per heavy atom. The predicted molar refractivity (Wildman–Crippen MR) is 103 cm³/mol. The summed E-state index contributed by atoms with van der Waals surface area (Å²) in [6, 6.07) is 6.00. The third-order valence-corrected chi connectivity index (χ3v) is 5.67. The second kappa shape index (κ2) is 6.30. The maximum absolute atomic E-state index is 13.4. The lowest BCUT2D eigenvalue weighted by molar-refractivity contribution is -0.158. The van der Waals surface area contributed by atoms with Gasteiger partial charge in [-0.3, -0.25) is 14.6 Å². The first-order valence-electron chi connectivity index (χ1n) is 9.34. The maximum atomic E-state index is 13.4. The standard InChI is InChI=1S/C21H25N3O3/c1-13-7-14(2)19-16(9-15(3)22-17(19)8-13)20(26)24-6-5-21(12-24)11-23(4)18(25)10-27-21/h7-9H,5-6,10-12H2,1-4H3/t21-/m1/s1. The smallest absolute Gasteiger partial charge is 0.254 e. The summed E-state index contributed by atoms with van der Waals surface area (Å²) in [6.45, 7) is 7.76. The van der Waals surface area contributed by atoms with E-state index in [1.54, 1.807) is 11.9 Å². The molecule has 2 fully saturated rings. The minimum Gasteiger partial charge on any atom is -0.361 e. The van der Waals surface area contributed by atoms with Gasteiger partial charge in [-0.1, -0.05) is 6.07 Å². The van der Waals surface area contributed by atoms with E-state index >= 15 is 0 Å². The zero-order valence-corrected chi connectivity index (χ0v) is 16.3. The molecule has 1 aromatic heterocycles. The Morgan fingerprint density at radius 1 is 1.19 bits per heavy atom. The number of pyridine rings is 1. The Hall–Kier alpha value is -2.47. The fraction of sp³-hybridized carbons (Fsp3) is 0.476. The number of aromatic nitrogens is 1. The summed E-state index contributed by atoms with van der Waals surface area (Å²) < 4.78 is 5.88. The van der Waals surface area contributed by atoms with E-state index in [1.807, 2.05) is 37.8 Å². The van der Waals surface area contributed by atoms with Crippen LogP contribution in [0, 0.1) is 20.8 Å². The summed E-state index contributed by atoms with van der Waals surface area (Å²) in [5, 5.41) is 0.925. The molecule has 0 saturated carbocycles. The molecule has 0 unspecified atom stereocenters. The van der Waals surface area contributed by atoms with E-state index < -0.39 is 5.60 Å². The Morgan fingerprint density at radius 2 is 1.96 bits per heavy atom. The Labute approximate surface area is 159 Å². The number of likely N-dealkylation sites (tertiary alicyclic amines) is 1. The van der Waals surface area contributed by atoms with Gasteiger partial charge in [0.15, 0.2) is 0 Å². The van der Waals surface area contributed by atoms with Crippen molar-refractivity contribution in [2.24, 2.45) is 0 Å². The van der Waals surface area contributed by atoms with E-state index in [4.69, 9.17) is 4.74 Å². The third-order valence-electron chi connectivity index (χ3n) is 5.67. The molecule has 0 N–H and O–H groups in total. The van der Waals surface area contributed by atoms with Crippen molar-refractivity contribution in [3.05, 3.63) is 40.6 Å². The van der Waals surface area contributed by atoms with Crippen molar-refractivity contribution >= 4 is 22.7 Å². The van der Waals surface area contributed by atoms with Crippen molar-refractivity contribution in [1.82, 2.24) is 14.8 Å². The number of carbonyl (C=O) groups excluding carboxylic acids is 2. The quantitative estimate of drug-likeness (QED) is 0.775. The van der Waals surface area contributed by atoms with Crippen LogP contribution in [0.15, 0.2) is 18.2 Å². The van der Waals surface area contributed by atoms with Crippen LogP contribution in [0.4, 0.5) is 0 Å². The van der Waals surface area contributed by atoms with Gasteiger partial charge in [0.25, 0.3) is 5.91 Å². The summed E-state index contributed by atoms with van der Waals surface area (Å²) in [5.74, 6) is 0.00429. The van der Waals surface area contributed by atoms with Crippen LogP contribution in [-0.4, -0.2) is 65.5 Å². The molecular weight excluding hydrogens is 342 g/mol. The molecule has 0 aliphatic carbocycles. The summed E-state index contributed by atoms with van der Waals surface area (Å²) >= 11 is 0. The number of carbonyl (C=O) groups is 2. The zero-order valence-electron chi connectivity index (χ0n) is 16.3. The van der Waals surface area contributed by atoms with Crippen molar-refractivity contribution in [2.45, 2.75) is 32.8 Å². The molecule has 6 nitrogen and oxygen atoms in total. The van der Waals surface area contributed by atoms with Gasteiger partial charge in [-0.25, -0.2) is 0 Å². The van der Waals surface area contributed by atoms with Crippen LogP contribution in [0.3, 0.4) is 0 Å². The van der Waals surface area contributed by atoms with Crippen LogP contribution >= 0.6 is 0 Å². The first-order chi connectivity index (χ1) is 12.8. The molecule has 1 aromatic carbocycles. The SMILES string of the molecule is Cc1cc(C)c2c(C(=O)N3CC[C@@]4(CN(C)C(=O)CO4)C3)cc(C)nc2c1. The van der Waals surface area contributed by atoms with Crippen molar-refractivity contribution in [3.63, 3.8) is 0 Å². The predicted octanol–water partition coefficient (Wildman–Crippen LogP) is 2.23. The Balaban J connectivity index is 1.67. The van der Waals surface area contributed by atoms with Crippen LogP contribution in [0.5, 0.6) is 0 Å². The normalized spacial score (nSPS) is 22.9. The highest BCUT2D eigenvalue weighted by Gasteiger charge is 2.45. The van der Waals surface area contributed by atoms with Gasteiger partial charge in [0, 0.05) is 24.7 Å². The molecule has 2 aliphatic rings. The zero-order chi connectivity index (χ0) is 19.3. The summed E-state index contributed by atoms with van der Waals surface area (Å²) in [6.07, 6.45) is 0.746. The van der Waals surface area contributed by atoms with Crippen molar-refractivity contribution in [3.8, 4) is 0 Å². The molecule has 27 heavy (non-hydrogen) atoms. The molecule has 0 radical (unpaired) electrons. The number of amides is 2. The largest absolute Gasteiger partial charge is 0.361 e. The first-order valence-corrected chi connectivity index (χ1v) is 9.34. The van der Waals surface area contributed by atoms with Crippen LogP contribution in [0.1, 0.15) is 33.6 Å². The number of rotatable bonds is 1. The van der Waals surface area contributed by atoms with Gasteiger partial charge in [-0.2, -0.15) is 0 Å². The highest BCUT2D eigenvalue weighted by Crippen LogP contribution is 2.32. The monoisotopic (exact) mass is 367 g/mol. The summed E-state index contributed by atoms with van der Waals surface area (Å²) in [5.41, 5.74) is 4.16. The molecule has 1 atom stereocenters. The van der Waals surface area contributed by atoms with Gasteiger partial charge in [0.2, 0.25) is 5.91 Å². The van der Waals surface area contributed by atoms with Crippen LogP contribution in [0.2, 0.25) is 0 Å². The van der Waals surface area contributed by atoms with Gasteiger partial charge in [0.05, 0.1) is 24.2 Å². The number of hydrogen-bond donors (Lipinski definition) is 0. The van der Waals surface area contributed by atoms with Crippen molar-refractivity contribution in [1.29, 1.82) is 0 Å². The van der Waals surface area contributed by atoms with Crippen LogP contribution < -0.4 is 0 Å². The molecule has 2 saturated heterocycles. The average Bonchev–Trinajstić information content (AvgIpc) is 3.00. The molecular formula is C21H25N3O3. The van der Waals surface area contributed by atoms with E-state index in [9.17, 15) is 9.59 Å². The second-order valence-electron chi connectivity index (χ2n) is 7.99. The third kappa shape index (κ3) is 3.08. The molecule has 2 aromatic rings. The van der Waals surface area contributed by atoms with Gasteiger partial charge >= 0.3 is 0 Å². The second-order valence-corrected chi connectivity index (χ2v) is 7.99. The lowest BCUT2D eigenvalue weighted by Crippen LogP contribution is -2.54. The van der Waals surface area contributed by atoms with E-state index in [2.05, 4.69) is 11.1 Å². The molecule has 142 valence electrons. The molecule has 6 heteroatoms. The Kier molecular flexibility index (Phi) is 4.18. The Bertz CT molecular complexity index is 950. The molecule has 4 rings (SSSR count). The summed E-state index contributed by atoms with van der Waals surface area (Å²) in [4.78, 5) is 33.3. The van der Waals surface area contributed by atoms with Gasteiger partial charge in [-0.05, 0) is 50.5 Å². The fourth-order valence-corrected chi connectivity index (χ4v) is 4.38. The van der Waals surface area contributed by atoms with Crippen molar-refractivity contribution < 1.29 is 14.3 Å². The number of benzene rings is 1. The first kappa shape index (κ1) is 17.9. The van der Waals surface area contributed by atoms with E-state index in [0.717, 1.165) is 34.1 Å². The molecule has 2 aliphatic heterocycles. The minimum absolute atomic E-state index is 0.00727. The van der Waals surface area contributed by atoms with Gasteiger partial charge in [-0.15, -0.1) is 0 Å². The topological polar surface area (TPSA) is 62.7 Å². The molecule has 0 bridgehead atoms. The van der Waals surface area contributed by atoms with Gasteiger partial charge < -0.3 is 14.5 Å². The highest BCUT2D eigenvalue weighted by molar-refractivity contribution is 6.07. The van der Waals surface area contributed by atoms with E-state index in [1.165, 1.54) is 0 Å². The number of aryl methyl sites for hydroxylation is 3. The average molecular weight is 367 g/mol. The lowest BCUT2D eigenvalue weighted by Gasteiger charge is -2.38. The number of likely N-dealkylation sites (N-methyl/N-ethyl adjacent to an activating group) is 1. The molecule has 2 amide bonds. The fourth-order valence-electron chi connectivity index (χ4n) is 4.38. The maximum Gasteiger partial charge on any atom is 0.254 e.